The molecule has 1 aromatic carbocycles. The Balaban J connectivity index is 1.51. The second kappa shape index (κ2) is 7.60. The van der Waals surface area contributed by atoms with Crippen LogP contribution in [0.4, 0.5) is 5.13 Å². The highest BCUT2D eigenvalue weighted by atomic mass is 35.5. The normalized spacial score (nSPS) is 10.4. The van der Waals surface area contributed by atoms with Crippen molar-refractivity contribution in [3.63, 3.8) is 0 Å². The van der Waals surface area contributed by atoms with Gasteiger partial charge < -0.3 is 4.42 Å². The van der Waals surface area contributed by atoms with E-state index >= 15 is 0 Å². The minimum absolute atomic E-state index is 0.0530. The molecule has 0 unspecified atom stereocenters. The van der Waals surface area contributed by atoms with Gasteiger partial charge in [-0.05, 0) is 36.4 Å². The minimum Gasteiger partial charge on any atom is -0.431 e. The van der Waals surface area contributed by atoms with Crippen LogP contribution in [0.3, 0.4) is 0 Å². The van der Waals surface area contributed by atoms with E-state index in [0.717, 1.165) is 0 Å². The second-order valence-corrected chi connectivity index (χ2v) is 6.83. The zero-order chi connectivity index (χ0) is 19.5. The second-order valence-electron chi connectivity index (χ2n) is 5.54. The van der Waals surface area contributed by atoms with Crippen molar-refractivity contribution in [1.82, 2.24) is 15.0 Å². The number of carbonyl (C=O) groups is 1. The van der Waals surface area contributed by atoms with Crippen molar-refractivity contribution in [2.75, 3.05) is 5.32 Å². The summed E-state index contributed by atoms with van der Waals surface area (Å²) in [4.78, 5) is 25.0. The van der Waals surface area contributed by atoms with Gasteiger partial charge in [0.25, 0.3) is 5.91 Å². The summed E-state index contributed by atoms with van der Waals surface area (Å²) in [5, 5.41) is 14.5. The topological polar surface area (TPSA) is 105 Å². The van der Waals surface area contributed by atoms with E-state index in [4.69, 9.17) is 16.0 Å². The van der Waals surface area contributed by atoms with Gasteiger partial charge in [0, 0.05) is 22.2 Å². The summed E-state index contributed by atoms with van der Waals surface area (Å²) < 4.78 is 5.53. The number of hydrogen-bond acceptors (Lipinski definition) is 7. The minimum atomic E-state index is -0.477. The first-order valence-electron chi connectivity index (χ1n) is 7.98. The molecule has 0 aliphatic carbocycles. The van der Waals surface area contributed by atoms with E-state index in [1.165, 1.54) is 17.5 Å². The Morgan fingerprint density at radius 2 is 2.04 bits per heavy atom. The number of halogens is 1. The number of aromatic nitrogens is 3. The zero-order valence-corrected chi connectivity index (χ0v) is 15.7. The maximum absolute atomic E-state index is 12.4. The van der Waals surface area contributed by atoms with Gasteiger partial charge in [-0.15, -0.1) is 11.3 Å². The van der Waals surface area contributed by atoms with Crippen LogP contribution < -0.4 is 5.32 Å². The summed E-state index contributed by atoms with van der Waals surface area (Å²) in [6.07, 6.45) is 2.93. The van der Waals surface area contributed by atoms with Crippen LogP contribution in [0.25, 0.3) is 22.8 Å². The summed E-state index contributed by atoms with van der Waals surface area (Å²) in [6.45, 7) is 0. The molecule has 0 saturated carbocycles. The number of anilines is 1. The lowest BCUT2D eigenvalue weighted by Crippen LogP contribution is -2.10. The number of nitrogens with zero attached hydrogens (tertiary/aromatic N) is 4. The molecule has 28 heavy (non-hydrogen) atoms. The number of thiazole rings is 1. The third-order valence-electron chi connectivity index (χ3n) is 3.72. The van der Waals surface area contributed by atoms with Crippen LogP contribution in [0.15, 0.2) is 58.6 Å². The first-order chi connectivity index (χ1) is 13.6. The number of benzene rings is 1. The van der Waals surface area contributed by atoms with Crippen LogP contribution in [-0.4, -0.2) is 20.9 Å². The Bertz CT molecular complexity index is 1190. The predicted molar refractivity (Wildman–Crippen MR) is 105 cm³/mol. The van der Waals surface area contributed by atoms with Gasteiger partial charge in [-0.3, -0.25) is 15.1 Å². The van der Waals surface area contributed by atoms with E-state index in [0.29, 0.717) is 38.6 Å². The number of hydrogen-bond donors (Lipinski definition) is 1. The highest BCUT2D eigenvalue weighted by Crippen LogP contribution is 2.26. The monoisotopic (exact) mass is 407 g/mol. The quantitative estimate of drug-likeness (QED) is 0.528. The Kier molecular flexibility index (Phi) is 4.85. The lowest BCUT2D eigenvalue weighted by molar-refractivity contribution is 0.0997. The van der Waals surface area contributed by atoms with E-state index in [1.54, 1.807) is 48.0 Å². The molecule has 3 aromatic heterocycles. The van der Waals surface area contributed by atoms with Crippen molar-refractivity contribution in [3.05, 3.63) is 70.5 Å². The van der Waals surface area contributed by atoms with Gasteiger partial charge in [0.2, 0.25) is 11.7 Å². The molecule has 0 saturated heterocycles. The number of rotatable bonds is 4. The van der Waals surface area contributed by atoms with Crippen LogP contribution in [0.5, 0.6) is 0 Å². The van der Waals surface area contributed by atoms with Crippen molar-refractivity contribution < 1.29 is 9.21 Å². The molecule has 0 radical (unpaired) electrons. The maximum Gasteiger partial charge on any atom is 0.294 e. The Hall–Kier alpha value is -3.54. The first-order valence-corrected chi connectivity index (χ1v) is 9.24. The average Bonchev–Trinajstić information content (AvgIpc) is 3.38. The van der Waals surface area contributed by atoms with E-state index in [2.05, 4.69) is 26.3 Å². The summed E-state index contributed by atoms with van der Waals surface area (Å²) in [5.74, 6) is -0.110. The molecule has 1 N–H and O–H groups in total. The molecule has 0 bridgehead atoms. The molecule has 0 aliphatic rings. The first kappa shape index (κ1) is 17.9. The number of carbonyl (C=O) groups excluding carboxylic acids is 1. The van der Waals surface area contributed by atoms with Gasteiger partial charge in [-0.1, -0.05) is 11.6 Å². The number of nitrogens with one attached hydrogen (secondary N) is 1. The Morgan fingerprint density at radius 3 is 2.82 bits per heavy atom. The lowest BCUT2D eigenvalue weighted by Gasteiger charge is -1.99. The van der Waals surface area contributed by atoms with E-state index in [-0.39, 0.29) is 5.76 Å². The van der Waals surface area contributed by atoms with Crippen molar-refractivity contribution in [1.29, 1.82) is 5.26 Å². The zero-order valence-electron chi connectivity index (χ0n) is 14.1. The van der Waals surface area contributed by atoms with Crippen LogP contribution in [0.2, 0.25) is 5.02 Å². The van der Waals surface area contributed by atoms with E-state index in [1.807, 2.05) is 0 Å². The molecule has 3 heterocycles. The molecule has 0 aliphatic heterocycles. The maximum atomic E-state index is 12.4. The molecule has 1 amide bonds. The third-order valence-corrected chi connectivity index (χ3v) is 4.73. The number of oxazole rings is 1. The summed E-state index contributed by atoms with van der Waals surface area (Å²) in [6, 6.07) is 12.3. The van der Waals surface area contributed by atoms with Crippen LogP contribution >= 0.6 is 22.9 Å². The Labute approximate surface area is 168 Å². The van der Waals surface area contributed by atoms with E-state index in [9.17, 15) is 10.1 Å². The van der Waals surface area contributed by atoms with Gasteiger partial charge in [0.05, 0.1) is 11.8 Å². The van der Waals surface area contributed by atoms with Crippen LogP contribution in [-0.2, 0) is 0 Å². The molecule has 4 rings (SSSR count). The van der Waals surface area contributed by atoms with Gasteiger partial charge in [0.15, 0.2) is 5.13 Å². The molecule has 7 nitrogen and oxygen atoms in total. The molecular weight excluding hydrogens is 398 g/mol. The van der Waals surface area contributed by atoms with Gasteiger partial charge in [-0.25, -0.2) is 9.97 Å². The number of amides is 1. The molecule has 0 spiro atoms. The fraction of sp³-hybridized carbons (Fsp3) is 0. The van der Waals surface area contributed by atoms with Crippen molar-refractivity contribution in [2.45, 2.75) is 0 Å². The smallest absolute Gasteiger partial charge is 0.294 e. The SMILES string of the molecule is N#Cc1cccnc1-c1csc(NC(=O)c2cnc(-c3ccc(Cl)cc3)o2)n1. The molecule has 4 aromatic rings. The largest absolute Gasteiger partial charge is 0.431 e. The molecule has 0 fully saturated rings. The molecule has 9 heteroatoms. The summed E-state index contributed by atoms with van der Waals surface area (Å²) >= 11 is 7.09. The van der Waals surface area contributed by atoms with Crippen molar-refractivity contribution in [2.24, 2.45) is 0 Å². The average molecular weight is 408 g/mol. The number of pyridine rings is 1. The molecular formula is C19H10ClN5O2S. The van der Waals surface area contributed by atoms with Crippen molar-refractivity contribution in [3.8, 4) is 28.9 Å². The summed E-state index contributed by atoms with van der Waals surface area (Å²) in [5.41, 5.74) is 2.09. The van der Waals surface area contributed by atoms with Crippen LogP contribution in [0, 0.1) is 11.3 Å². The van der Waals surface area contributed by atoms with Gasteiger partial charge in [-0.2, -0.15) is 5.26 Å². The summed E-state index contributed by atoms with van der Waals surface area (Å²) in [7, 11) is 0. The highest BCUT2D eigenvalue weighted by Gasteiger charge is 2.17. The predicted octanol–water partition coefficient (Wildman–Crippen LogP) is 4.64. The Morgan fingerprint density at radius 1 is 1.21 bits per heavy atom. The molecule has 0 atom stereocenters. The van der Waals surface area contributed by atoms with Crippen molar-refractivity contribution >= 4 is 34.0 Å². The number of nitriles is 1. The highest BCUT2D eigenvalue weighted by molar-refractivity contribution is 7.14. The van der Waals surface area contributed by atoms with Gasteiger partial charge in [0.1, 0.15) is 17.5 Å². The fourth-order valence-corrected chi connectivity index (χ4v) is 3.22. The standard InChI is InChI=1S/C19H10ClN5O2S/c20-13-5-3-11(4-6-13)18-23-9-15(27-18)17(26)25-19-24-14(10-28-19)16-12(8-21)2-1-7-22-16/h1-7,9-10H,(H,24,25,26). The lowest BCUT2D eigenvalue weighted by atomic mass is 10.2. The van der Waals surface area contributed by atoms with Crippen LogP contribution in [0.1, 0.15) is 16.1 Å². The molecule has 136 valence electrons. The van der Waals surface area contributed by atoms with E-state index < -0.39 is 5.91 Å². The van der Waals surface area contributed by atoms with Gasteiger partial charge >= 0.3 is 0 Å². The fourth-order valence-electron chi connectivity index (χ4n) is 2.40. The third kappa shape index (κ3) is 3.62.